The highest BCUT2D eigenvalue weighted by Crippen LogP contribution is 2.08. The fourth-order valence-corrected chi connectivity index (χ4v) is 1.45. The van der Waals surface area contributed by atoms with Crippen molar-refractivity contribution < 1.29 is 10.0 Å². The van der Waals surface area contributed by atoms with Crippen LogP contribution in [0.1, 0.15) is 0 Å². The Morgan fingerprint density at radius 1 is 1.82 bits per heavy atom. The van der Waals surface area contributed by atoms with Crippen LogP contribution in [-0.4, -0.2) is 50.7 Å². The van der Waals surface area contributed by atoms with Gasteiger partial charge in [0, 0.05) is 6.54 Å². The number of rotatable bonds is 6. The van der Waals surface area contributed by atoms with Crippen LogP contribution < -0.4 is 0 Å². The maximum Gasteiger partial charge on any atom is 0.434 e. The monoisotopic (exact) mass is 239 g/mol. The number of hydrogen-bond donors (Lipinski definition) is 1. The van der Waals surface area contributed by atoms with Crippen molar-refractivity contribution in [3.63, 3.8) is 0 Å². The highest BCUT2D eigenvalue weighted by molar-refractivity contribution is 5.06. The summed E-state index contributed by atoms with van der Waals surface area (Å²) in [4.78, 5) is 15.2. The standard InChI is InChI=1S/C9H13N5O3/c1-12(4-2-10)6-8(15)7-13-5-3-11-9(13)14(16)17/h3,5,8,15H,4,6-7H2,1H3. The molecule has 0 saturated carbocycles. The Hall–Kier alpha value is -1.98. The van der Waals surface area contributed by atoms with E-state index in [4.69, 9.17) is 5.26 Å². The van der Waals surface area contributed by atoms with Crippen molar-refractivity contribution in [3.05, 3.63) is 22.5 Å². The molecule has 0 bridgehead atoms. The first-order chi connectivity index (χ1) is 8.04. The zero-order valence-corrected chi connectivity index (χ0v) is 9.35. The van der Waals surface area contributed by atoms with Crippen LogP contribution >= 0.6 is 0 Å². The predicted octanol–water partition coefficient (Wildman–Crippen LogP) is -0.392. The van der Waals surface area contributed by atoms with Crippen molar-refractivity contribution in [2.45, 2.75) is 12.6 Å². The average Bonchev–Trinajstić information content (AvgIpc) is 2.65. The first kappa shape index (κ1) is 13.1. The summed E-state index contributed by atoms with van der Waals surface area (Å²) in [6.07, 6.45) is 1.96. The van der Waals surface area contributed by atoms with E-state index in [1.54, 1.807) is 11.9 Å². The number of imidazole rings is 1. The van der Waals surface area contributed by atoms with Gasteiger partial charge in [0.15, 0.2) is 0 Å². The minimum atomic E-state index is -0.791. The molecule has 0 fully saturated rings. The van der Waals surface area contributed by atoms with E-state index in [1.807, 2.05) is 6.07 Å². The Kier molecular flexibility index (Phi) is 4.56. The van der Waals surface area contributed by atoms with E-state index < -0.39 is 11.0 Å². The molecule has 17 heavy (non-hydrogen) atoms. The van der Waals surface area contributed by atoms with Crippen LogP contribution in [0.5, 0.6) is 0 Å². The molecular formula is C9H13N5O3. The van der Waals surface area contributed by atoms with Gasteiger partial charge in [-0.1, -0.05) is 4.98 Å². The smallest absolute Gasteiger partial charge is 0.390 e. The number of aromatic nitrogens is 2. The SMILES string of the molecule is CN(CC#N)CC(O)Cn1ccnc1[N+](=O)[O-]. The van der Waals surface area contributed by atoms with Gasteiger partial charge in [0.05, 0.1) is 25.3 Å². The van der Waals surface area contributed by atoms with Crippen molar-refractivity contribution in [2.24, 2.45) is 0 Å². The quantitative estimate of drug-likeness (QED) is 0.411. The van der Waals surface area contributed by atoms with Crippen LogP contribution in [0.2, 0.25) is 0 Å². The first-order valence-corrected chi connectivity index (χ1v) is 4.93. The van der Waals surface area contributed by atoms with Crippen molar-refractivity contribution in [1.29, 1.82) is 5.26 Å². The van der Waals surface area contributed by atoms with Crippen LogP contribution in [0.25, 0.3) is 0 Å². The lowest BCUT2D eigenvalue weighted by atomic mass is 10.3. The molecular weight excluding hydrogens is 226 g/mol. The molecule has 8 nitrogen and oxygen atoms in total. The molecule has 0 spiro atoms. The van der Waals surface area contributed by atoms with Gasteiger partial charge in [-0.2, -0.15) is 5.26 Å². The third-order valence-corrected chi connectivity index (χ3v) is 2.13. The number of nitriles is 1. The molecule has 0 aromatic carbocycles. The molecule has 1 aromatic heterocycles. The molecule has 8 heteroatoms. The summed E-state index contributed by atoms with van der Waals surface area (Å²) >= 11 is 0. The van der Waals surface area contributed by atoms with Crippen LogP contribution in [0, 0.1) is 21.4 Å². The largest absolute Gasteiger partial charge is 0.434 e. The second-order valence-corrected chi connectivity index (χ2v) is 3.65. The molecule has 1 aromatic rings. The minimum absolute atomic E-state index is 0.0755. The van der Waals surface area contributed by atoms with E-state index in [0.29, 0.717) is 0 Å². The number of hydrogen-bond acceptors (Lipinski definition) is 6. The summed E-state index contributed by atoms with van der Waals surface area (Å²) < 4.78 is 1.27. The number of aliphatic hydroxyl groups excluding tert-OH is 1. The van der Waals surface area contributed by atoms with Gasteiger partial charge in [0.2, 0.25) is 0 Å². The molecule has 92 valence electrons. The fraction of sp³-hybridized carbons (Fsp3) is 0.556. The number of nitro groups is 1. The van der Waals surface area contributed by atoms with Gasteiger partial charge in [-0.05, 0) is 12.0 Å². The summed E-state index contributed by atoms with van der Waals surface area (Å²) in [5.74, 6) is -0.299. The second-order valence-electron chi connectivity index (χ2n) is 3.65. The third-order valence-electron chi connectivity index (χ3n) is 2.13. The van der Waals surface area contributed by atoms with Gasteiger partial charge in [0.25, 0.3) is 0 Å². The third kappa shape index (κ3) is 3.82. The van der Waals surface area contributed by atoms with Gasteiger partial charge >= 0.3 is 5.95 Å². The maximum atomic E-state index is 10.6. The minimum Gasteiger partial charge on any atom is -0.390 e. The maximum absolute atomic E-state index is 10.6. The van der Waals surface area contributed by atoms with Gasteiger partial charge in [-0.25, -0.2) is 4.57 Å². The molecule has 0 aliphatic carbocycles. The van der Waals surface area contributed by atoms with Crippen molar-refractivity contribution in [3.8, 4) is 6.07 Å². The summed E-state index contributed by atoms with van der Waals surface area (Å²) in [6, 6.07) is 1.95. The lowest BCUT2D eigenvalue weighted by Gasteiger charge is -2.16. The average molecular weight is 239 g/mol. The number of likely N-dealkylation sites (N-methyl/N-ethyl adjacent to an activating group) is 1. The fourth-order valence-electron chi connectivity index (χ4n) is 1.45. The summed E-state index contributed by atoms with van der Waals surface area (Å²) in [7, 11) is 1.69. The zero-order valence-electron chi connectivity index (χ0n) is 9.35. The first-order valence-electron chi connectivity index (χ1n) is 4.93. The van der Waals surface area contributed by atoms with Crippen LogP contribution in [0.3, 0.4) is 0 Å². The van der Waals surface area contributed by atoms with Crippen LogP contribution in [-0.2, 0) is 6.54 Å². The van der Waals surface area contributed by atoms with E-state index in [9.17, 15) is 15.2 Å². The molecule has 0 amide bonds. The second kappa shape index (κ2) is 5.93. The van der Waals surface area contributed by atoms with Crippen LogP contribution in [0.15, 0.2) is 12.4 Å². The highest BCUT2D eigenvalue weighted by Gasteiger charge is 2.18. The summed E-state index contributed by atoms with van der Waals surface area (Å²) in [6.45, 7) is 0.540. The van der Waals surface area contributed by atoms with E-state index in [-0.39, 0.29) is 25.6 Å². The molecule has 1 N–H and O–H groups in total. The number of aliphatic hydroxyl groups is 1. The summed E-state index contributed by atoms with van der Waals surface area (Å²) in [5, 5.41) is 28.7. The topological polar surface area (TPSA) is 108 Å². The summed E-state index contributed by atoms with van der Waals surface area (Å²) in [5.41, 5.74) is 0. The molecule has 0 saturated heterocycles. The molecule has 0 radical (unpaired) electrons. The normalized spacial score (nSPS) is 12.4. The van der Waals surface area contributed by atoms with Crippen molar-refractivity contribution >= 4 is 5.95 Å². The molecule has 1 rings (SSSR count). The Balaban J connectivity index is 2.56. The molecule has 0 aliphatic rings. The Morgan fingerprint density at radius 2 is 2.53 bits per heavy atom. The van der Waals surface area contributed by atoms with Crippen LogP contribution in [0.4, 0.5) is 5.95 Å². The van der Waals surface area contributed by atoms with E-state index >= 15 is 0 Å². The Morgan fingerprint density at radius 3 is 3.12 bits per heavy atom. The zero-order chi connectivity index (χ0) is 12.8. The molecule has 1 atom stereocenters. The lowest BCUT2D eigenvalue weighted by Crippen LogP contribution is -2.32. The molecule has 0 aliphatic heterocycles. The van der Waals surface area contributed by atoms with E-state index in [2.05, 4.69) is 4.98 Å². The van der Waals surface area contributed by atoms with Gasteiger partial charge in [0.1, 0.15) is 12.4 Å². The Bertz CT molecular complexity index is 425. The van der Waals surface area contributed by atoms with E-state index in [0.717, 1.165) is 0 Å². The molecule has 1 unspecified atom stereocenters. The van der Waals surface area contributed by atoms with Crippen molar-refractivity contribution in [1.82, 2.24) is 14.5 Å². The van der Waals surface area contributed by atoms with Gasteiger partial charge in [-0.15, -0.1) is 0 Å². The van der Waals surface area contributed by atoms with Gasteiger partial charge < -0.3 is 15.2 Å². The lowest BCUT2D eigenvalue weighted by molar-refractivity contribution is -0.397. The van der Waals surface area contributed by atoms with Gasteiger partial charge in [-0.3, -0.25) is 4.90 Å². The highest BCUT2D eigenvalue weighted by atomic mass is 16.6. The Labute approximate surface area is 97.9 Å². The van der Waals surface area contributed by atoms with Crippen molar-refractivity contribution in [2.75, 3.05) is 20.1 Å². The number of nitrogens with zero attached hydrogens (tertiary/aromatic N) is 5. The predicted molar refractivity (Wildman–Crippen MR) is 58.0 cm³/mol. The van der Waals surface area contributed by atoms with E-state index in [1.165, 1.54) is 17.0 Å². The molecule has 1 heterocycles.